The first-order valence-electron chi connectivity index (χ1n) is 8.58. The van der Waals surface area contributed by atoms with E-state index >= 15 is 0 Å². The highest BCUT2D eigenvalue weighted by Gasteiger charge is 2.19. The Hall–Kier alpha value is -2.90. The van der Waals surface area contributed by atoms with Crippen LogP contribution in [-0.2, 0) is 0 Å². The lowest BCUT2D eigenvalue weighted by atomic mass is 10.2. The zero-order valence-corrected chi connectivity index (χ0v) is 16.9. The summed E-state index contributed by atoms with van der Waals surface area (Å²) in [7, 11) is 0. The van der Waals surface area contributed by atoms with Crippen molar-refractivity contribution in [1.82, 2.24) is 19.7 Å². The number of hydrogen-bond acceptors (Lipinski definition) is 5. The Balaban J connectivity index is 1.61. The molecule has 0 fully saturated rings. The van der Waals surface area contributed by atoms with Crippen LogP contribution in [0.5, 0.6) is 0 Å². The number of fused-ring (bicyclic) bond motifs is 1. The van der Waals surface area contributed by atoms with E-state index < -0.39 is 0 Å². The fourth-order valence-electron chi connectivity index (χ4n) is 2.92. The van der Waals surface area contributed by atoms with Gasteiger partial charge in [-0.25, -0.2) is 4.98 Å². The molecule has 28 heavy (non-hydrogen) atoms. The van der Waals surface area contributed by atoms with Crippen LogP contribution in [0.15, 0.2) is 98.1 Å². The molecule has 0 saturated carbocycles. The summed E-state index contributed by atoms with van der Waals surface area (Å²) in [6, 6.07) is 25.8. The van der Waals surface area contributed by atoms with Crippen LogP contribution < -0.4 is 0 Å². The SMILES string of the molecule is Brc1ccc2nc(Sc3nnc(-c4ccccc4)n3-c3ccccc3)oc2c1. The Morgan fingerprint density at radius 2 is 1.61 bits per heavy atom. The van der Waals surface area contributed by atoms with E-state index in [2.05, 4.69) is 31.1 Å². The summed E-state index contributed by atoms with van der Waals surface area (Å²) in [5.74, 6) is 0.771. The molecule has 7 heteroatoms. The van der Waals surface area contributed by atoms with Gasteiger partial charge in [-0.3, -0.25) is 4.57 Å². The van der Waals surface area contributed by atoms with Gasteiger partial charge < -0.3 is 4.42 Å². The van der Waals surface area contributed by atoms with Crippen molar-refractivity contribution in [2.45, 2.75) is 10.4 Å². The Morgan fingerprint density at radius 3 is 2.39 bits per heavy atom. The minimum absolute atomic E-state index is 0.525. The van der Waals surface area contributed by atoms with E-state index in [0.29, 0.717) is 10.4 Å². The number of hydrogen-bond donors (Lipinski definition) is 0. The van der Waals surface area contributed by atoms with Crippen LogP contribution in [0, 0.1) is 0 Å². The third-order valence-electron chi connectivity index (χ3n) is 4.19. The number of para-hydroxylation sites is 1. The first-order valence-corrected chi connectivity index (χ1v) is 10.2. The molecule has 0 bridgehead atoms. The molecule has 5 rings (SSSR count). The molecule has 0 atom stereocenters. The second-order valence-electron chi connectivity index (χ2n) is 6.04. The summed E-state index contributed by atoms with van der Waals surface area (Å²) in [4.78, 5) is 4.56. The molecular weight excluding hydrogens is 436 g/mol. The van der Waals surface area contributed by atoms with E-state index in [1.165, 1.54) is 11.8 Å². The number of aromatic nitrogens is 4. The van der Waals surface area contributed by atoms with Crippen molar-refractivity contribution >= 4 is 38.8 Å². The minimum Gasteiger partial charge on any atom is -0.431 e. The number of rotatable bonds is 4. The van der Waals surface area contributed by atoms with E-state index in [1.807, 2.05) is 83.4 Å². The Bertz CT molecular complexity index is 1250. The molecule has 0 unspecified atom stereocenters. The molecule has 0 aliphatic rings. The van der Waals surface area contributed by atoms with Gasteiger partial charge in [0.05, 0.1) is 0 Å². The Morgan fingerprint density at radius 1 is 0.857 bits per heavy atom. The van der Waals surface area contributed by atoms with Gasteiger partial charge in [-0.1, -0.05) is 64.5 Å². The van der Waals surface area contributed by atoms with Gasteiger partial charge in [-0.05, 0) is 30.3 Å². The van der Waals surface area contributed by atoms with Crippen LogP contribution in [-0.4, -0.2) is 19.7 Å². The Kier molecular flexibility index (Phi) is 4.46. The molecule has 2 heterocycles. The number of benzene rings is 3. The molecule has 136 valence electrons. The number of nitrogens with zero attached hydrogens (tertiary/aromatic N) is 4. The van der Waals surface area contributed by atoms with E-state index in [4.69, 9.17) is 4.42 Å². The molecule has 0 radical (unpaired) electrons. The molecule has 3 aromatic carbocycles. The fourth-order valence-corrected chi connectivity index (χ4v) is 4.06. The minimum atomic E-state index is 0.525. The van der Waals surface area contributed by atoms with E-state index in [1.54, 1.807) is 0 Å². The summed E-state index contributed by atoms with van der Waals surface area (Å²) < 4.78 is 8.87. The molecule has 0 aliphatic heterocycles. The lowest BCUT2D eigenvalue weighted by molar-refractivity contribution is 0.488. The molecular formula is C21H13BrN4OS. The van der Waals surface area contributed by atoms with Crippen molar-refractivity contribution < 1.29 is 4.42 Å². The van der Waals surface area contributed by atoms with Gasteiger partial charge in [-0.15, -0.1) is 10.2 Å². The third kappa shape index (κ3) is 3.23. The maximum absolute atomic E-state index is 5.90. The van der Waals surface area contributed by atoms with Gasteiger partial charge in [-0.2, -0.15) is 0 Å². The van der Waals surface area contributed by atoms with Crippen molar-refractivity contribution in [1.29, 1.82) is 0 Å². The largest absolute Gasteiger partial charge is 0.431 e. The molecule has 0 amide bonds. The van der Waals surface area contributed by atoms with E-state index in [0.717, 1.165) is 32.6 Å². The summed E-state index contributed by atoms with van der Waals surface area (Å²) in [6.07, 6.45) is 0. The predicted octanol–water partition coefficient (Wildman–Crippen LogP) is 5.99. The lowest BCUT2D eigenvalue weighted by Gasteiger charge is -2.09. The molecule has 5 aromatic rings. The molecule has 0 aliphatic carbocycles. The van der Waals surface area contributed by atoms with Crippen molar-refractivity contribution in [3.05, 3.63) is 83.3 Å². The lowest BCUT2D eigenvalue weighted by Crippen LogP contribution is -1.99. The van der Waals surface area contributed by atoms with Crippen LogP contribution in [0.2, 0.25) is 0 Å². The van der Waals surface area contributed by atoms with Crippen molar-refractivity contribution in [3.63, 3.8) is 0 Å². The van der Waals surface area contributed by atoms with Gasteiger partial charge in [0.15, 0.2) is 11.4 Å². The zero-order chi connectivity index (χ0) is 18.9. The van der Waals surface area contributed by atoms with Gasteiger partial charge in [0.2, 0.25) is 5.16 Å². The quantitative estimate of drug-likeness (QED) is 0.337. The summed E-state index contributed by atoms with van der Waals surface area (Å²) in [5, 5.41) is 10.1. The van der Waals surface area contributed by atoms with Crippen molar-refractivity contribution in [3.8, 4) is 17.1 Å². The third-order valence-corrected chi connectivity index (χ3v) is 5.48. The molecule has 0 N–H and O–H groups in total. The standard InChI is InChI=1S/C21H13BrN4OS/c22-15-11-12-17-18(13-15)27-21(23-17)28-20-25-24-19(14-7-3-1-4-8-14)26(20)16-9-5-2-6-10-16/h1-13H. The van der Waals surface area contributed by atoms with Gasteiger partial charge in [0.25, 0.3) is 5.22 Å². The second kappa shape index (κ2) is 7.26. The van der Waals surface area contributed by atoms with Crippen LogP contribution in [0.4, 0.5) is 0 Å². The normalized spacial score (nSPS) is 11.2. The average Bonchev–Trinajstić information content (AvgIpc) is 3.33. The topological polar surface area (TPSA) is 56.7 Å². The molecule has 0 spiro atoms. The molecule has 2 aromatic heterocycles. The maximum Gasteiger partial charge on any atom is 0.264 e. The van der Waals surface area contributed by atoms with Gasteiger partial charge in [0.1, 0.15) is 5.52 Å². The second-order valence-corrected chi connectivity index (χ2v) is 7.87. The van der Waals surface area contributed by atoms with Gasteiger partial charge in [0, 0.05) is 27.5 Å². The van der Waals surface area contributed by atoms with E-state index in [-0.39, 0.29) is 0 Å². The first-order chi connectivity index (χ1) is 13.8. The summed E-state index contributed by atoms with van der Waals surface area (Å²) >= 11 is 4.81. The van der Waals surface area contributed by atoms with E-state index in [9.17, 15) is 0 Å². The number of oxazole rings is 1. The predicted molar refractivity (Wildman–Crippen MR) is 113 cm³/mol. The average molecular weight is 449 g/mol. The molecule has 5 nitrogen and oxygen atoms in total. The highest BCUT2D eigenvalue weighted by molar-refractivity contribution is 9.10. The van der Waals surface area contributed by atoms with Crippen LogP contribution in [0.25, 0.3) is 28.2 Å². The molecule has 0 saturated heterocycles. The van der Waals surface area contributed by atoms with Crippen LogP contribution >= 0.6 is 27.7 Å². The zero-order valence-electron chi connectivity index (χ0n) is 14.5. The van der Waals surface area contributed by atoms with Gasteiger partial charge >= 0.3 is 0 Å². The first kappa shape index (κ1) is 17.2. The highest BCUT2D eigenvalue weighted by Crippen LogP contribution is 2.33. The monoisotopic (exact) mass is 448 g/mol. The Labute approximate surface area is 173 Å². The summed E-state index contributed by atoms with van der Waals surface area (Å²) in [5.41, 5.74) is 3.51. The smallest absolute Gasteiger partial charge is 0.264 e. The summed E-state index contributed by atoms with van der Waals surface area (Å²) in [6.45, 7) is 0. The number of halogens is 1. The fraction of sp³-hybridized carbons (Fsp3) is 0. The van der Waals surface area contributed by atoms with Crippen LogP contribution in [0.3, 0.4) is 0 Å². The van der Waals surface area contributed by atoms with Crippen LogP contribution in [0.1, 0.15) is 0 Å². The van der Waals surface area contributed by atoms with Crippen molar-refractivity contribution in [2.75, 3.05) is 0 Å². The van der Waals surface area contributed by atoms with Crippen molar-refractivity contribution in [2.24, 2.45) is 0 Å². The maximum atomic E-state index is 5.90. The highest BCUT2D eigenvalue weighted by atomic mass is 79.9.